The molecule has 1 fully saturated rings. The van der Waals surface area contributed by atoms with Crippen molar-refractivity contribution in [2.24, 2.45) is 5.92 Å². The zero-order valence-corrected chi connectivity index (χ0v) is 13.4. The van der Waals surface area contributed by atoms with Gasteiger partial charge in [-0.05, 0) is 49.1 Å². The van der Waals surface area contributed by atoms with E-state index in [0.717, 1.165) is 19.0 Å². The average molecular weight is 328 g/mol. The van der Waals surface area contributed by atoms with E-state index in [2.05, 4.69) is 46.4 Å². The van der Waals surface area contributed by atoms with Crippen molar-refractivity contribution in [3.63, 3.8) is 0 Å². The van der Waals surface area contributed by atoms with Crippen molar-refractivity contribution >= 4 is 27.7 Å². The molecule has 1 nitrogen and oxygen atoms in total. The van der Waals surface area contributed by atoms with Gasteiger partial charge in [0.05, 0.1) is 0 Å². The number of rotatable bonds is 6. The quantitative estimate of drug-likeness (QED) is 0.750. The van der Waals surface area contributed by atoms with E-state index in [1.54, 1.807) is 0 Å². The molecule has 0 saturated heterocycles. The fourth-order valence-corrected chi connectivity index (χ4v) is 4.11. The van der Waals surface area contributed by atoms with Crippen LogP contribution in [-0.4, -0.2) is 12.3 Å². The van der Waals surface area contributed by atoms with Gasteiger partial charge in [0.25, 0.3) is 0 Å². The van der Waals surface area contributed by atoms with Crippen molar-refractivity contribution in [2.45, 2.75) is 44.0 Å². The van der Waals surface area contributed by atoms with Crippen LogP contribution in [0.5, 0.6) is 0 Å². The lowest BCUT2D eigenvalue weighted by molar-refractivity contribution is 0.623. The number of nitrogens with one attached hydrogen (secondary N) is 1. The van der Waals surface area contributed by atoms with Crippen LogP contribution in [0, 0.1) is 5.92 Å². The molecule has 3 heteroatoms. The van der Waals surface area contributed by atoms with E-state index in [0.29, 0.717) is 0 Å². The summed E-state index contributed by atoms with van der Waals surface area (Å²) in [7, 11) is 0. The molecule has 0 bridgehead atoms. The molecule has 18 heavy (non-hydrogen) atoms. The van der Waals surface area contributed by atoms with E-state index in [9.17, 15) is 0 Å². The molecule has 1 aliphatic carbocycles. The molecule has 0 aromatic heterocycles. The van der Waals surface area contributed by atoms with Crippen molar-refractivity contribution in [3.8, 4) is 0 Å². The largest absolute Gasteiger partial charge is 0.313 e. The van der Waals surface area contributed by atoms with Crippen LogP contribution >= 0.6 is 27.7 Å². The molecular formula is C15H22BrNS. The van der Waals surface area contributed by atoms with Crippen LogP contribution in [0.25, 0.3) is 0 Å². The Morgan fingerprint density at radius 1 is 1.33 bits per heavy atom. The number of hydrogen-bond acceptors (Lipinski definition) is 2. The summed E-state index contributed by atoms with van der Waals surface area (Å²) in [6.07, 6.45) is 5.75. The molecule has 1 aromatic rings. The first-order chi connectivity index (χ1) is 8.79. The first-order valence-corrected chi connectivity index (χ1v) is 8.69. The summed E-state index contributed by atoms with van der Waals surface area (Å²) in [6.45, 7) is 4.16. The topological polar surface area (TPSA) is 12.0 Å². The third kappa shape index (κ3) is 4.29. The Labute approximate surface area is 123 Å². The molecule has 1 N–H and O–H groups in total. The summed E-state index contributed by atoms with van der Waals surface area (Å²) in [5, 5.41) is 3.43. The minimum Gasteiger partial charge on any atom is -0.313 e. The molecule has 0 atom stereocenters. The number of benzene rings is 1. The summed E-state index contributed by atoms with van der Waals surface area (Å²) >= 11 is 5.61. The van der Waals surface area contributed by atoms with Crippen LogP contribution in [0.2, 0.25) is 0 Å². The van der Waals surface area contributed by atoms with Crippen molar-refractivity contribution < 1.29 is 0 Å². The highest BCUT2D eigenvalue weighted by molar-refractivity contribution is 9.10. The fraction of sp³-hybridized carbons (Fsp3) is 0.600. The molecule has 0 unspecified atom stereocenters. The average Bonchev–Trinajstić information content (AvgIpc) is 2.88. The van der Waals surface area contributed by atoms with Crippen LogP contribution in [0.1, 0.15) is 38.2 Å². The van der Waals surface area contributed by atoms with Gasteiger partial charge in [-0.3, -0.25) is 0 Å². The predicted molar refractivity (Wildman–Crippen MR) is 84.2 cm³/mol. The van der Waals surface area contributed by atoms with Gasteiger partial charge in [-0.15, -0.1) is 11.8 Å². The number of thioether (sulfide) groups is 1. The molecule has 1 aliphatic rings. The van der Waals surface area contributed by atoms with Gasteiger partial charge >= 0.3 is 0 Å². The summed E-state index contributed by atoms with van der Waals surface area (Å²) < 4.78 is 1.18. The normalized spacial score (nSPS) is 16.3. The highest BCUT2D eigenvalue weighted by Gasteiger charge is 2.15. The molecule has 0 aliphatic heterocycles. The summed E-state index contributed by atoms with van der Waals surface area (Å²) in [6, 6.07) is 6.67. The second-order valence-electron chi connectivity index (χ2n) is 4.99. The van der Waals surface area contributed by atoms with E-state index in [1.807, 2.05) is 11.8 Å². The van der Waals surface area contributed by atoms with Crippen molar-refractivity contribution in [2.75, 3.05) is 12.3 Å². The van der Waals surface area contributed by atoms with Gasteiger partial charge in [0.1, 0.15) is 0 Å². The van der Waals surface area contributed by atoms with Crippen LogP contribution in [-0.2, 0) is 6.54 Å². The van der Waals surface area contributed by atoms with E-state index in [-0.39, 0.29) is 0 Å². The molecule has 0 heterocycles. The van der Waals surface area contributed by atoms with Gasteiger partial charge in [0, 0.05) is 21.7 Å². The van der Waals surface area contributed by atoms with E-state index >= 15 is 0 Å². The van der Waals surface area contributed by atoms with Crippen molar-refractivity contribution in [1.29, 1.82) is 0 Å². The fourth-order valence-electron chi connectivity index (χ4n) is 2.47. The molecule has 0 spiro atoms. The number of halogens is 1. The molecule has 0 radical (unpaired) electrons. The van der Waals surface area contributed by atoms with Gasteiger partial charge in [-0.1, -0.05) is 35.7 Å². The van der Waals surface area contributed by atoms with Gasteiger partial charge in [-0.2, -0.15) is 0 Å². The molecule has 100 valence electrons. The maximum atomic E-state index is 3.57. The highest BCUT2D eigenvalue weighted by Crippen LogP contribution is 2.33. The third-order valence-corrected chi connectivity index (χ3v) is 5.38. The third-order valence-electron chi connectivity index (χ3n) is 3.54. The van der Waals surface area contributed by atoms with E-state index in [4.69, 9.17) is 0 Å². The Balaban J connectivity index is 1.96. The van der Waals surface area contributed by atoms with E-state index in [1.165, 1.54) is 46.4 Å². The second kappa shape index (κ2) is 7.56. The van der Waals surface area contributed by atoms with Crippen molar-refractivity contribution in [3.05, 3.63) is 28.2 Å². The summed E-state index contributed by atoms with van der Waals surface area (Å²) in [4.78, 5) is 1.45. The van der Waals surface area contributed by atoms with Crippen molar-refractivity contribution in [1.82, 2.24) is 5.32 Å². The lowest BCUT2D eigenvalue weighted by Gasteiger charge is -2.13. The zero-order valence-electron chi connectivity index (χ0n) is 11.0. The Kier molecular flexibility index (Phi) is 6.06. The van der Waals surface area contributed by atoms with Crippen LogP contribution in [0.4, 0.5) is 0 Å². The predicted octanol–water partition coefficient (Wildman–Crippen LogP) is 4.84. The maximum Gasteiger partial charge on any atom is 0.0216 e. The Hall–Kier alpha value is 0.01000. The maximum absolute atomic E-state index is 3.57. The SMILES string of the molecule is CCNCc1cc(Br)ccc1SCC1CCCC1. The van der Waals surface area contributed by atoms with Crippen LogP contribution < -0.4 is 5.32 Å². The molecule has 2 rings (SSSR count). The molecular weight excluding hydrogens is 306 g/mol. The first-order valence-electron chi connectivity index (χ1n) is 6.91. The molecule has 1 aromatic carbocycles. The molecule has 1 saturated carbocycles. The summed E-state index contributed by atoms with van der Waals surface area (Å²) in [5.41, 5.74) is 1.43. The lowest BCUT2D eigenvalue weighted by atomic mass is 10.1. The summed E-state index contributed by atoms with van der Waals surface area (Å²) in [5.74, 6) is 2.24. The van der Waals surface area contributed by atoms with Gasteiger partial charge < -0.3 is 5.32 Å². The first kappa shape index (κ1) is 14.4. The van der Waals surface area contributed by atoms with Gasteiger partial charge in [0.15, 0.2) is 0 Å². The smallest absolute Gasteiger partial charge is 0.0216 e. The van der Waals surface area contributed by atoms with Gasteiger partial charge in [-0.25, -0.2) is 0 Å². The Bertz CT molecular complexity index is 375. The monoisotopic (exact) mass is 327 g/mol. The minimum absolute atomic E-state index is 0.950. The Morgan fingerprint density at radius 2 is 2.11 bits per heavy atom. The van der Waals surface area contributed by atoms with Gasteiger partial charge in [0.2, 0.25) is 0 Å². The minimum atomic E-state index is 0.950. The number of hydrogen-bond donors (Lipinski definition) is 1. The standard InChI is InChI=1S/C15H22BrNS/c1-2-17-10-13-9-14(16)7-8-15(13)18-11-12-5-3-4-6-12/h7-9,12,17H,2-6,10-11H2,1H3. The highest BCUT2D eigenvalue weighted by atomic mass is 79.9. The molecule has 0 amide bonds. The zero-order chi connectivity index (χ0) is 12.8. The van der Waals surface area contributed by atoms with Crippen LogP contribution in [0.3, 0.4) is 0 Å². The Morgan fingerprint density at radius 3 is 2.83 bits per heavy atom. The second-order valence-corrected chi connectivity index (χ2v) is 6.97. The lowest BCUT2D eigenvalue weighted by Crippen LogP contribution is -2.12. The van der Waals surface area contributed by atoms with Crippen LogP contribution in [0.15, 0.2) is 27.6 Å². The van der Waals surface area contributed by atoms with E-state index < -0.39 is 0 Å².